The van der Waals surface area contributed by atoms with Crippen molar-refractivity contribution in [3.05, 3.63) is 65.6 Å². The molecule has 112 valence electrons. The van der Waals surface area contributed by atoms with Gasteiger partial charge in [0, 0.05) is 12.1 Å². The molecule has 0 fully saturated rings. The molecular formula is C15H11F3N4. The highest BCUT2D eigenvalue weighted by molar-refractivity contribution is 5.64. The molecule has 0 bridgehead atoms. The zero-order chi connectivity index (χ0) is 15.7. The van der Waals surface area contributed by atoms with Crippen molar-refractivity contribution < 1.29 is 13.2 Å². The Morgan fingerprint density at radius 3 is 2.41 bits per heavy atom. The average Bonchev–Trinajstić information content (AvgIpc) is 2.94. The summed E-state index contributed by atoms with van der Waals surface area (Å²) >= 11 is 0. The number of nitrogens with zero attached hydrogens (tertiary/aromatic N) is 3. The Morgan fingerprint density at radius 1 is 0.955 bits per heavy atom. The van der Waals surface area contributed by atoms with Gasteiger partial charge in [-0.05, 0) is 30.3 Å². The van der Waals surface area contributed by atoms with Gasteiger partial charge in [-0.3, -0.25) is 0 Å². The smallest absolute Gasteiger partial charge is 0.159 e. The molecule has 0 aliphatic carbocycles. The van der Waals surface area contributed by atoms with Crippen LogP contribution in [0.25, 0.3) is 16.9 Å². The molecule has 0 aliphatic rings. The van der Waals surface area contributed by atoms with Crippen LogP contribution in [0.1, 0.15) is 5.69 Å². The van der Waals surface area contributed by atoms with Crippen molar-refractivity contribution >= 4 is 0 Å². The van der Waals surface area contributed by atoms with Gasteiger partial charge in [-0.1, -0.05) is 17.3 Å². The predicted molar refractivity (Wildman–Crippen MR) is 74.6 cm³/mol. The van der Waals surface area contributed by atoms with E-state index in [0.717, 1.165) is 12.1 Å². The topological polar surface area (TPSA) is 56.7 Å². The van der Waals surface area contributed by atoms with Crippen LogP contribution >= 0.6 is 0 Å². The molecule has 0 unspecified atom stereocenters. The van der Waals surface area contributed by atoms with E-state index in [1.807, 2.05) is 0 Å². The van der Waals surface area contributed by atoms with Gasteiger partial charge in [-0.25, -0.2) is 17.9 Å². The summed E-state index contributed by atoms with van der Waals surface area (Å²) in [5, 5.41) is 7.76. The van der Waals surface area contributed by atoms with E-state index in [-0.39, 0.29) is 12.2 Å². The van der Waals surface area contributed by atoms with Crippen LogP contribution in [0.15, 0.2) is 42.5 Å². The molecule has 0 spiro atoms. The van der Waals surface area contributed by atoms with Gasteiger partial charge in [-0.15, -0.1) is 5.10 Å². The van der Waals surface area contributed by atoms with E-state index in [1.165, 1.54) is 28.9 Å². The summed E-state index contributed by atoms with van der Waals surface area (Å²) in [6, 6.07) is 9.32. The monoisotopic (exact) mass is 304 g/mol. The molecule has 0 saturated heterocycles. The quantitative estimate of drug-likeness (QED) is 0.809. The van der Waals surface area contributed by atoms with Crippen LogP contribution in [0.5, 0.6) is 0 Å². The molecule has 0 saturated carbocycles. The lowest BCUT2D eigenvalue weighted by Gasteiger charge is -2.09. The maximum absolute atomic E-state index is 14.0. The molecule has 3 rings (SSSR count). The highest BCUT2D eigenvalue weighted by Gasteiger charge is 2.18. The maximum Gasteiger partial charge on any atom is 0.159 e. The van der Waals surface area contributed by atoms with Crippen LogP contribution in [-0.4, -0.2) is 15.0 Å². The van der Waals surface area contributed by atoms with Gasteiger partial charge in [0.2, 0.25) is 0 Å². The number of benzene rings is 2. The van der Waals surface area contributed by atoms with Crippen LogP contribution in [0.4, 0.5) is 13.2 Å². The van der Waals surface area contributed by atoms with E-state index in [9.17, 15) is 13.2 Å². The fourth-order valence-electron chi connectivity index (χ4n) is 2.17. The molecule has 2 N–H and O–H groups in total. The molecule has 0 radical (unpaired) electrons. The molecule has 0 atom stereocenters. The second kappa shape index (κ2) is 5.61. The normalized spacial score (nSPS) is 10.9. The van der Waals surface area contributed by atoms with E-state index in [4.69, 9.17) is 5.73 Å². The van der Waals surface area contributed by atoms with Crippen LogP contribution in [0.3, 0.4) is 0 Å². The minimum Gasteiger partial charge on any atom is -0.325 e. The largest absolute Gasteiger partial charge is 0.325 e. The van der Waals surface area contributed by atoms with Crippen LogP contribution in [-0.2, 0) is 6.54 Å². The first kappa shape index (κ1) is 14.3. The van der Waals surface area contributed by atoms with Crippen molar-refractivity contribution in [2.75, 3.05) is 0 Å². The molecule has 22 heavy (non-hydrogen) atoms. The number of hydrogen-bond donors (Lipinski definition) is 1. The maximum atomic E-state index is 14.0. The Morgan fingerprint density at radius 2 is 1.73 bits per heavy atom. The fraction of sp³-hybridized carbons (Fsp3) is 0.0667. The van der Waals surface area contributed by atoms with Gasteiger partial charge < -0.3 is 5.73 Å². The third kappa shape index (κ3) is 2.35. The van der Waals surface area contributed by atoms with Crippen molar-refractivity contribution in [2.45, 2.75) is 6.54 Å². The molecule has 1 heterocycles. The first-order valence-electron chi connectivity index (χ1n) is 6.46. The van der Waals surface area contributed by atoms with E-state index < -0.39 is 17.5 Å². The average molecular weight is 304 g/mol. The van der Waals surface area contributed by atoms with Gasteiger partial charge in [0.05, 0.1) is 5.69 Å². The third-order valence-corrected chi connectivity index (χ3v) is 3.21. The Bertz CT molecular complexity index is 829. The minimum atomic E-state index is -1.01. The SMILES string of the molecule is NCc1nnn(-c2ccccc2F)c1-c1ccc(F)c(F)c1. The summed E-state index contributed by atoms with van der Waals surface area (Å²) in [5.41, 5.74) is 6.75. The summed E-state index contributed by atoms with van der Waals surface area (Å²) in [6.45, 7) is 0.0305. The first-order valence-corrected chi connectivity index (χ1v) is 6.46. The fourth-order valence-corrected chi connectivity index (χ4v) is 2.17. The van der Waals surface area contributed by atoms with Crippen LogP contribution in [0, 0.1) is 17.5 Å². The van der Waals surface area contributed by atoms with Gasteiger partial charge in [-0.2, -0.15) is 0 Å². The van der Waals surface area contributed by atoms with Crippen LogP contribution < -0.4 is 5.73 Å². The summed E-state index contributed by atoms with van der Waals surface area (Å²) in [4.78, 5) is 0. The van der Waals surface area contributed by atoms with Crippen LogP contribution in [0.2, 0.25) is 0 Å². The Balaban J connectivity index is 2.24. The van der Waals surface area contributed by atoms with Crippen molar-refractivity contribution in [1.82, 2.24) is 15.0 Å². The molecule has 4 nitrogen and oxygen atoms in total. The number of nitrogens with two attached hydrogens (primary N) is 1. The molecule has 0 aliphatic heterocycles. The van der Waals surface area contributed by atoms with E-state index >= 15 is 0 Å². The second-order valence-electron chi connectivity index (χ2n) is 4.58. The number of para-hydroxylation sites is 1. The second-order valence-corrected chi connectivity index (χ2v) is 4.58. The molecule has 2 aromatic carbocycles. The van der Waals surface area contributed by atoms with Crippen molar-refractivity contribution in [3.63, 3.8) is 0 Å². The van der Waals surface area contributed by atoms with Gasteiger partial charge in [0.25, 0.3) is 0 Å². The molecule has 0 amide bonds. The van der Waals surface area contributed by atoms with Crippen molar-refractivity contribution in [3.8, 4) is 16.9 Å². The van der Waals surface area contributed by atoms with E-state index in [0.29, 0.717) is 17.0 Å². The highest BCUT2D eigenvalue weighted by atomic mass is 19.2. The standard InChI is InChI=1S/C15H11F3N4/c16-10-6-5-9(7-12(10)18)15-13(8-19)20-21-22(15)14-4-2-1-3-11(14)17/h1-7H,8,19H2. The van der Waals surface area contributed by atoms with Gasteiger partial charge >= 0.3 is 0 Å². The number of aromatic nitrogens is 3. The number of hydrogen-bond acceptors (Lipinski definition) is 3. The Labute approximate surface area is 124 Å². The lowest BCUT2D eigenvalue weighted by atomic mass is 10.1. The van der Waals surface area contributed by atoms with Gasteiger partial charge in [0.15, 0.2) is 11.6 Å². The van der Waals surface area contributed by atoms with Crippen molar-refractivity contribution in [1.29, 1.82) is 0 Å². The molecule has 3 aromatic rings. The summed E-state index contributed by atoms with van der Waals surface area (Å²) in [7, 11) is 0. The molecule has 7 heteroatoms. The molecular weight excluding hydrogens is 293 g/mol. The predicted octanol–water partition coefficient (Wildman–Crippen LogP) is 2.81. The zero-order valence-corrected chi connectivity index (χ0v) is 11.3. The number of rotatable bonds is 3. The minimum absolute atomic E-state index is 0.0305. The number of halogens is 3. The summed E-state index contributed by atoms with van der Waals surface area (Å²) < 4.78 is 41.8. The summed E-state index contributed by atoms with van der Waals surface area (Å²) in [5.74, 6) is -2.50. The zero-order valence-electron chi connectivity index (χ0n) is 11.3. The lowest BCUT2D eigenvalue weighted by molar-refractivity contribution is 0.509. The Kier molecular flexibility index (Phi) is 3.64. The van der Waals surface area contributed by atoms with E-state index in [2.05, 4.69) is 10.3 Å². The van der Waals surface area contributed by atoms with Gasteiger partial charge in [0.1, 0.15) is 17.2 Å². The Hall–Kier alpha value is -2.67. The highest BCUT2D eigenvalue weighted by Crippen LogP contribution is 2.27. The van der Waals surface area contributed by atoms with Crippen molar-refractivity contribution in [2.24, 2.45) is 5.73 Å². The molecule has 1 aromatic heterocycles. The summed E-state index contributed by atoms with van der Waals surface area (Å²) in [6.07, 6.45) is 0. The lowest BCUT2D eigenvalue weighted by Crippen LogP contribution is -2.04. The first-order chi connectivity index (χ1) is 10.6. The van der Waals surface area contributed by atoms with E-state index in [1.54, 1.807) is 6.07 Å². The third-order valence-electron chi connectivity index (χ3n) is 3.21.